The summed E-state index contributed by atoms with van der Waals surface area (Å²) in [5.74, 6) is 0. The van der Waals surface area contributed by atoms with Crippen molar-refractivity contribution in [1.29, 1.82) is 0 Å². The first-order valence-corrected chi connectivity index (χ1v) is 8.53. The summed E-state index contributed by atoms with van der Waals surface area (Å²) < 4.78 is 28.9. The average Bonchev–Trinajstić information content (AvgIpc) is 2.83. The molecule has 0 amide bonds. The molecule has 0 fully saturated rings. The van der Waals surface area contributed by atoms with Crippen LogP contribution in [0.2, 0.25) is 0 Å². The van der Waals surface area contributed by atoms with Crippen LogP contribution < -0.4 is 10.5 Å². The number of nitrogens with zero attached hydrogens (tertiary/aromatic N) is 4. The number of aromatic nitrogens is 3. The maximum absolute atomic E-state index is 12.6. The number of aryl methyl sites for hydroxylation is 2. The average molecular weight is 362 g/mol. The summed E-state index contributed by atoms with van der Waals surface area (Å²) in [6.07, 6.45) is 1.21. The smallest absolute Gasteiger partial charge is 0.294 e. The summed E-state index contributed by atoms with van der Waals surface area (Å²) >= 11 is 0. The molecule has 0 saturated carbocycles. The van der Waals surface area contributed by atoms with Crippen LogP contribution in [0.15, 0.2) is 35.4 Å². The minimum Gasteiger partial charge on any atom is -0.393 e. The van der Waals surface area contributed by atoms with Crippen molar-refractivity contribution in [2.24, 2.45) is 7.05 Å². The molecular formula is C14H14N6O4S. The van der Waals surface area contributed by atoms with Crippen LogP contribution in [-0.4, -0.2) is 28.1 Å². The van der Waals surface area contributed by atoms with E-state index in [2.05, 4.69) is 14.8 Å². The molecule has 130 valence electrons. The zero-order valence-electron chi connectivity index (χ0n) is 13.3. The Morgan fingerprint density at radius 2 is 2.04 bits per heavy atom. The number of nitrogens with one attached hydrogen (secondary N) is 1. The summed E-state index contributed by atoms with van der Waals surface area (Å²) in [4.78, 5) is 14.3. The third-order valence-corrected chi connectivity index (χ3v) is 4.98. The Bertz CT molecular complexity index is 1110. The van der Waals surface area contributed by atoms with Gasteiger partial charge in [-0.1, -0.05) is 0 Å². The number of pyridine rings is 1. The van der Waals surface area contributed by atoms with Gasteiger partial charge < -0.3 is 5.73 Å². The highest BCUT2D eigenvalue weighted by Gasteiger charge is 2.20. The van der Waals surface area contributed by atoms with Crippen molar-refractivity contribution in [3.8, 4) is 0 Å². The second kappa shape index (κ2) is 5.70. The number of anilines is 2. The van der Waals surface area contributed by atoms with E-state index in [0.29, 0.717) is 16.7 Å². The Balaban J connectivity index is 2.01. The van der Waals surface area contributed by atoms with Gasteiger partial charge in [0.25, 0.3) is 15.7 Å². The number of hydrogen-bond acceptors (Lipinski definition) is 7. The number of nitrogen functional groups attached to an aromatic ring is 1. The molecule has 25 heavy (non-hydrogen) atoms. The van der Waals surface area contributed by atoms with E-state index in [9.17, 15) is 18.5 Å². The molecule has 0 aliphatic rings. The molecule has 0 aliphatic heterocycles. The van der Waals surface area contributed by atoms with E-state index in [4.69, 9.17) is 5.73 Å². The molecule has 0 atom stereocenters. The van der Waals surface area contributed by atoms with E-state index in [1.54, 1.807) is 18.7 Å². The largest absolute Gasteiger partial charge is 0.393 e. The van der Waals surface area contributed by atoms with Gasteiger partial charge in [-0.25, -0.2) is 13.4 Å². The Morgan fingerprint density at radius 3 is 2.72 bits per heavy atom. The Kier molecular flexibility index (Phi) is 3.80. The van der Waals surface area contributed by atoms with Gasteiger partial charge in [0.15, 0.2) is 5.65 Å². The third kappa shape index (κ3) is 2.96. The molecule has 0 saturated heterocycles. The van der Waals surface area contributed by atoms with Crippen LogP contribution in [0.3, 0.4) is 0 Å². The summed E-state index contributed by atoms with van der Waals surface area (Å²) in [6, 6.07) is 5.14. The molecule has 10 nitrogen and oxygen atoms in total. The number of rotatable bonds is 4. The Labute approximate surface area is 142 Å². The molecule has 0 bridgehead atoms. The van der Waals surface area contributed by atoms with E-state index in [1.807, 2.05) is 0 Å². The molecule has 0 radical (unpaired) electrons. The Hall–Kier alpha value is -3.21. The number of fused-ring (bicyclic) bond motifs is 1. The highest BCUT2D eigenvalue weighted by Crippen LogP contribution is 2.27. The number of sulfonamides is 1. The first kappa shape index (κ1) is 16.6. The van der Waals surface area contributed by atoms with Crippen molar-refractivity contribution >= 4 is 38.1 Å². The van der Waals surface area contributed by atoms with Crippen molar-refractivity contribution in [2.45, 2.75) is 11.8 Å². The monoisotopic (exact) mass is 362 g/mol. The molecule has 3 rings (SSSR count). The number of benzene rings is 1. The zero-order chi connectivity index (χ0) is 18.4. The highest BCUT2D eigenvalue weighted by atomic mass is 32.2. The van der Waals surface area contributed by atoms with Gasteiger partial charge in [0.05, 0.1) is 16.3 Å². The molecule has 11 heteroatoms. The van der Waals surface area contributed by atoms with E-state index >= 15 is 0 Å². The van der Waals surface area contributed by atoms with Crippen molar-refractivity contribution in [2.75, 3.05) is 10.5 Å². The Morgan fingerprint density at radius 1 is 1.32 bits per heavy atom. The molecule has 0 aliphatic carbocycles. The fraction of sp³-hybridized carbons (Fsp3) is 0.143. The molecule has 1 aromatic carbocycles. The van der Waals surface area contributed by atoms with Crippen molar-refractivity contribution in [3.63, 3.8) is 0 Å². The van der Waals surface area contributed by atoms with Gasteiger partial charge in [-0.2, -0.15) is 5.10 Å². The van der Waals surface area contributed by atoms with Crippen molar-refractivity contribution < 1.29 is 13.3 Å². The number of hydrogen-bond donors (Lipinski definition) is 2. The number of nitro groups is 1. The fourth-order valence-corrected chi connectivity index (χ4v) is 3.43. The molecule has 0 spiro atoms. The third-order valence-electron chi connectivity index (χ3n) is 3.63. The van der Waals surface area contributed by atoms with Crippen LogP contribution in [0.4, 0.5) is 17.1 Å². The van der Waals surface area contributed by atoms with Gasteiger partial charge in [-0.15, -0.1) is 0 Å². The minimum absolute atomic E-state index is 0.0314. The van der Waals surface area contributed by atoms with Crippen LogP contribution in [0.5, 0.6) is 0 Å². The van der Waals surface area contributed by atoms with Gasteiger partial charge in [-0.05, 0) is 25.1 Å². The highest BCUT2D eigenvalue weighted by molar-refractivity contribution is 7.92. The SMILES string of the molecule is Cc1nn(C)c2ncc(S(=O)(=O)Nc3ccc(N)c([N+](=O)[O-])c3)cc12. The molecule has 2 heterocycles. The predicted molar refractivity (Wildman–Crippen MR) is 91.6 cm³/mol. The topological polar surface area (TPSA) is 146 Å². The van der Waals surface area contributed by atoms with Gasteiger partial charge >= 0.3 is 0 Å². The molecule has 2 aromatic heterocycles. The second-order valence-corrected chi connectivity index (χ2v) is 7.07. The lowest BCUT2D eigenvalue weighted by Crippen LogP contribution is -2.13. The van der Waals surface area contributed by atoms with Gasteiger partial charge in [0, 0.05) is 24.7 Å². The van der Waals surface area contributed by atoms with E-state index in [-0.39, 0.29) is 22.0 Å². The molecular weight excluding hydrogens is 348 g/mol. The van der Waals surface area contributed by atoms with Crippen LogP contribution in [-0.2, 0) is 17.1 Å². The summed E-state index contributed by atoms with van der Waals surface area (Å²) in [6.45, 7) is 1.75. The van der Waals surface area contributed by atoms with Crippen LogP contribution >= 0.6 is 0 Å². The molecule has 3 N–H and O–H groups in total. The lowest BCUT2D eigenvalue weighted by atomic mass is 10.2. The minimum atomic E-state index is -3.98. The first-order chi connectivity index (χ1) is 11.7. The second-order valence-electron chi connectivity index (χ2n) is 5.39. The van der Waals surface area contributed by atoms with Crippen molar-refractivity contribution in [3.05, 3.63) is 46.3 Å². The first-order valence-electron chi connectivity index (χ1n) is 7.05. The standard InChI is InChI=1S/C14H14N6O4S/c1-8-11-6-10(7-16-14(11)19(2)17-8)25(23,24)18-9-3-4-12(15)13(5-9)20(21)22/h3-7,18H,15H2,1-2H3. The van der Waals surface area contributed by atoms with E-state index < -0.39 is 14.9 Å². The van der Waals surface area contributed by atoms with Gasteiger partial charge in [-0.3, -0.25) is 19.5 Å². The lowest BCUT2D eigenvalue weighted by molar-refractivity contribution is -0.383. The van der Waals surface area contributed by atoms with Crippen LogP contribution in [0.25, 0.3) is 11.0 Å². The fourth-order valence-electron chi connectivity index (χ4n) is 2.42. The van der Waals surface area contributed by atoms with Gasteiger partial charge in [0.2, 0.25) is 0 Å². The normalized spacial score (nSPS) is 11.6. The number of nitrogens with two attached hydrogens (primary N) is 1. The quantitative estimate of drug-likeness (QED) is 0.407. The number of nitro benzene ring substituents is 1. The molecule has 3 aromatic rings. The predicted octanol–water partition coefficient (Wildman–Crippen LogP) is 1.57. The van der Waals surface area contributed by atoms with E-state index in [1.165, 1.54) is 24.4 Å². The summed E-state index contributed by atoms with van der Waals surface area (Å²) in [5.41, 5.74) is 6.31. The molecule has 0 unspecified atom stereocenters. The zero-order valence-corrected chi connectivity index (χ0v) is 14.1. The maximum atomic E-state index is 12.6. The summed E-state index contributed by atoms with van der Waals surface area (Å²) in [7, 11) is -2.27. The lowest BCUT2D eigenvalue weighted by Gasteiger charge is -2.08. The van der Waals surface area contributed by atoms with Crippen molar-refractivity contribution in [1.82, 2.24) is 14.8 Å². The van der Waals surface area contributed by atoms with E-state index in [0.717, 1.165) is 6.07 Å². The maximum Gasteiger partial charge on any atom is 0.294 e. The van der Waals surface area contributed by atoms with Gasteiger partial charge in [0.1, 0.15) is 10.6 Å². The van der Waals surface area contributed by atoms with Crippen LogP contribution in [0.1, 0.15) is 5.69 Å². The van der Waals surface area contributed by atoms with Crippen LogP contribution in [0, 0.1) is 17.0 Å². The summed E-state index contributed by atoms with van der Waals surface area (Å²) in [5, 5.41) is 15.7.